The molecule has 1 saturated heterocycles. The Kier molecular flexibility index (Phi) is 5.45. The van der Waals surface area contributed by atoms with Crippen LogP contribution < -0.4 is 5.32 Å². The number of likely N-dealkylation sites (tertiary alicyclic amines) is 1. The van der Waals surface area contributed by atoms with Gasteiger partial charge in [0.1, 0.15) is 0 Å². The molecule has 2 aromatic rings. The molecule has 1 aliphatic rings. The van der Waals surface area contributed by atoms with Crippen LogP contribution in [0.25, 0.3) is 5.78 Å². The van der Waals surface area contributed by atoms with E-state index >= 15 is 0 Å². The lowest BCUT2D eigenvalue weighted by atomic mass is 9.92. The summed E-state index contributed by atoms with van der Waals surface area (Å²) < 4.78 is 1.94. The maximum atomic E-state index is 12.4. The van der Waals surface area contributed by atoms with E-state index in [2.05, 4.69) is 34.0 Å². The van der Waals surface area contributed by atoms with E-state index in [9.17, 15) is 4.79 Å². The Bertz CT molecular complexity index is 650. The summed E-state index contributed by atoms with van der Waals surface area (Å²) in [6, 6.07) is 2.38. The Morgan fingerprint density at radius 2 is 2.29 bits per heavy atom. The van der Waals surface area contributed by atoms with Crippen LogP contribution in [0, 0.1) is 5.92 Å². The fourth-order valence-corrected chi connectivity index (χ4v) is 3.31. The number of rotatable bonds is 6. The Labute approximate surface area is 143 Å². The number of aromatic nitrogens is 3. The largest absolute Gasteiger partial charge is 0.356 e. The number of nitrogens with zero attached hydrogens (tertiary/aromatic N) is 4. The fourth-order valence-electron chi connectivity index (χ4n) is 3.31. The lowest BCUT2D eigenvalue weighted by Crippen LogP contribution is -2.46. The molecule has 6 nitrogen and oxygen atoms in total. The summed E-state index contributed by atoms with van der Waals surface area (Å²) in [7, 11) is 0. The third-order valence-corrected chi connectivity index (χ3v) is 4.86. The molecule has 0 bridgehead atoms. The molecule has 130 valence electrons. The van der Waals surface area contributed by atoms with Crippen molar-refractivity contribution in [3.8, 4) is 0 Å². The Morgan fingerprint density at radius 3 is 3.08 bits per heavy atom. The second-order valence-electron chi connectivity index (χ2n) is 6.76. The van der Waals surface area contributed by atoms with Crippen LogP contribution >= 0.6 is 0 Å². The first-order chi connectivity index (χ1) is 11.7. The standard InChI is InChI=1S/C18H27N5O/c1-3-4-8-19-17(24)15-7-6-14(2)23(11-15)13-16-12-22-10-5-9-20-18(22)21-16/h5,9-10,12,14-15H,3-4,6-8,11,13H2,1-2H3,(H,19,24)/t14-,15-/m1/s1. The molecule has 6 heteroatoms. The first-order valence-electron chi connectivity index (χ1n) is 8.97. The first kappa shape index (κ1) is 16.9. The molecule has 0 unspecified atom stereocenters. The number of imidazole rings is 1. The van der Waals surface area contributed by atoms with Gasteiger partial charge in [-0.25, -0.2) is 9.97 Å². The number of fused-ring (bicyclic) bond motifs is 1. The molecular formula is C18H27N5O. The van der Waals surface area contributed by atoms with Gasteiger partial charge in [-0.15, -0.1) is 0 Å². The van der Waals surface area contributed by atoms with Gasteiger partial charge in [-0.1, -0.05) is 13.3 Å². The molecular weight excluding hydrogens is 302 g/mol. The molecule has 3 rings (SSSR count). The minimum atomic E-state index is 0.0909. The third kappa shape index (κ3) is 3.93. The molecule has 3 heterocycles. The molecule has 1 aliphatic heterocycles. The number of piperidine rings is 1. The van der Waals surface area contributed by atoms with Crippen molar-refractivity contribution in [2.45, 2.75) is 52.1 Å². The van der Waals surface area contributed by atoms with Crippen molar-refractivity contribution in [2.24, 2.45) is 5.92 Å². The summed E-state index contributed by atoms with van der Waals surface area (Å²) in [5.74, 6) is 1.02. The predicted molar refractivity (Wildman–Crippen MR) is 93.5 cm³/mol. The summed E-state index contributed by atoms with van der Waals surface area (Å²) >= 11 is 0. The van der Waals surface area contributed by atoms with E-state index < -0.39 is 0 Å². The predicted octanol–water partition coefficient (Wildman–Crippen LogP) is 2.25. The second-order valence-corrected chi connectivity index (χ2v) is 6.76. The molecule has 1 amide bonds. The van der Waals surface area contributed by atoms with Crippen LogP contribution in [0.1, 0.15) is 45.2 Å². The summed E-state index contributed by atoms with van der Waals surface area (Å²) in [4.78, 5) is 23.6. The monoisotopic (exact) mass is 329 g/mol. The van der Waals surface area contributed by atoms with Crippen LogP contribution in [0.2, 0.25) is 0 Å². The normalized spacial score (nSPS) is 21.9. The highest BCUT2D eigenvalue weighted by Crippen LogP contribution is 2.23. The minimum absolute atomic E-state index is 0.0909. The van der Waals surface area contributed by atoms with Crippen molar-refractivity contribution in [3.63, 3.8) is 0 Å². The Balaban J connectivity index is 1.62. The SMILES string of the molecule is CCCCNC(=O)[C@@H]1CC[C@@H](C)N(Cc2cn3cccnc3n2)C1. The van der Waals surface area contributed by atoms with Gasteiger partial charge in [0.15, 0.2) is 0 Å². The molecule has 0 spiro atoms. The van der Waals surface area contributed by atoms with Gasteiger partial charge in [0, 0.05) is 44.3 Å². The number of unbranched alkanes of at least 4 members (excludes halogenated alkanes) is 1. The zero-order valence-electron chi connectivity index (χ0n) is 14.6. The molecule has 0 radical (unpaired) electrons. The van der Waals surface area contributed by atoms with Gasteiger partial charge in [-0.3, -0.25) is 14.1 Å². The molecule has 1 fully saturated rings. The highest BCUT2D eigenvalue weighted by atomic mass is 16.1. The number of carbonyl (C=O) groups is 1. The number of hydrogen-bond acceptors (Lipinski definition) is 4. The summed E-state index contributed by atoms with van der Waals surface area (Å²) in [6.07, 6.45) is 9.93. The number of amides is 1. The van der Waals surface area contributed by atoms with Gasteiger partial charge in [0.25, 0.3) is 0 Å². The smallest absolute Gasteiger partial charge is 0.233 e. The molecule has 24 heavy (non-hydrogen) atoms. The lowest BCUT2D eigenvalue weighted by molar-refractivity contribution is -0.127. The quantitative estimate of drug-likeness (QED) is 0.826. The van der Waals surface area contributed by atoms with E-state index in [0.29, 0.717) is 6.04 Å². The van der Waals surface area contributed by atoms with Crippen molar-refractivity contribution in [1.82, 2.24) is 24.6 Å². The van der Waals surface area contributed by atoms with Gasteiger partial charge < -0.3 is 5.32 Å². The average Bonchev–Trinajstić information content (AvgIpc) is 2.99. The highest BCUT2D eigenvalue weighted by molar-refractivity contribution is 5.78. The van der Waals surface area contributed by atoms with E-state index in [4.69, 9.17) is 0 Å². The summed E-state index contributed by atoms with van der Waals surface area (Å²) in [6.45, 7) is 6.74. The van der Waals surface area contributed by atoms with E-state index in [-0.39, 0.29) is 11.8 Å². The fraction of sp³-hybridized carbons (Fsp3) is 0.611. The Morgan fingerprint density at radius 1 is 1.42 bits per heavy atom. The Hall–Kier alpha value is -1.95. The second kappa shape index (κ2) is 7.75. The van der Waals surface area contributed by atoms with Crippen LogP contribution in [-0.4, -0.2) is 44.3 Å². The number of carbonyl (C=O) groups excluding carboxylic acids is 1. The summed E-state index contributed by atoms with van der Waals surface area (Å²) in [5.41, 5.74) is 1.01. The van der Waals surface area contributed by atoms with Crippen molar-refractivity contribution in [1.29, 1.82) is 0 Å². The van der Waals surface area contributed by atoms with E-state index in [0.717, 1.165) is 56.8 Å². The molecule has 0 aromatic carbocycles. The zero-order valence-corrected chi connectivity index (χ0v) is 14.6. The first-order valence-corrected chi connectivity index (χ1v) is 8.97. The third-order valence-electron chi connectivity index (χ3n) is 4.86. The van der Waals surface area contributed by atoms with Crippen LogP contribution in [0.15, 0.2) is 24.7 Å². The van der Waals surface area contributed by atoms with Gasteiger partial charge >= 0.3 is 0 Å². The van der Waals surface area contributed by atoms with Crippen molar-refractivity contribution in [2.75, 3.05) is 13.1 Å². The maximum Gasteiger partial charge on any atom is 0.233 e. The lowest BCUT2D eigenvalue weighted by Gasteiger charge is -2.36. The topological polar surface area (TPSA) is 62.5 Å². The van der Waals surface area contributed by atoms with Crippen LogP contribution in [0.5, 0.6) is 0 Å². The summed E-state index contributed by atoms with van der Waals surface area (Å²) in [5, 5.41) is 3.08. The number of hydrogen-bond donors (Lipinski definition) is 1. The zero-order chi connectivity index (χ0) is 16.9. The van der Waals surface area contributed by atoms with Crippen LogP contribution in [-0.2, 0) is 11.3 Å². The van der Waals surface area contributed by atoms with Crippen LogP contribution in [0.4, 0.5) is 0 Å². The highest BCUT2D eigenvalue weighted by Gasteiger charge is 2.30. The van der Waals surface area contributed by atoms with Gasteiger partial charge in [-0.05, 0) is 32.3 Å². The van der Waals surface area contributed by atoms with Gasteiger partial charge in [0.05, 0.1) is 11.6 Å². The molecule has 0 saturated carbocycles. The number of nitrogens with one attached hydrogen (secondary N) is 1. The molecule has 2 aromatic heterocycles. The minimum Gasteiger partial charge on any atom is -0.356 e. The average molecular weight is 329 g/mol. The molecule has 1 N–H and O–H groups in total. The molecule has 0 aliphatic carbocycles. The maximum absolute atomic E-state index is 12.4. The van der Waals surface area contributed by atoms with Crippen molar-refractivity contribution >= 4 is 11.7 Å². The van der Waals surface area contributed by atoms with E-state index in [1.54, 1.807) is 6.20 Å². The van der Waals surface area contributed by atoms with Crippen LogP contribution in [0.3, 0.4) is 0 Å². The van der Waals surface area contributed by atoms with Gasteiger partial charge in [0.2, 0.25) is 11.7 Å². The molecule has 2 atom stereocenters. The van der Waals surface area contributed by atoms with E-state index in [1.165, 1.54) is 0 Å². The van der Waals surface area contributed by atoms with Crippen molar-refractivity contribution < 1.29 is 4.79 Å². The van der Waals surface area contributed by atoms with Crippen molar-refractivity contribution in [3.05, 3.63) is 30.4 Å². The van der Waals surface area contributed by atoms with E-state index in [1.807, 2.05) is 22.9 Å². The van der Waals surface area contributed by atoms with Gasteiger partial charge in [-0.2, -0.15) is 0 Å².